The Morgan fingerprint density at radius 2 is 1.94 bits per heavy atom. The molecule has 2 spiro atoms. The van der Waals surface area contributed by atoms with E-state index in [1.165, 1.54) is 32.1 Å². The summed E-state index contributed by atoms with van der Waals surface area (Å²) in [5.41, 5.74) is 0.819. The zero-order valence-electron chi connectivity index (χ0n) is 10.4. The van der Waals surface area contributed by atoms with Gasteiger partial charge in [0.1, 0.15) is 0 Å². The van der Waals surface area contributed by atoms with Crippen LogP contribution in [-0.4, -0.2) is 37.1 Å². The van der Waals surface area contributed by atoms with Crippen molar-refractivity contribution in [3.8, 4) is 0 Å². The Hall–Kier alpha value is -0.570. The van der Waals surface area contributed by atoms with Gasteiger partial charge in [0, 0.05) is 31.0 Å². The zero-order chi connectivity index (χ0) is 11.5. The Bertz CT molecular complexity index is 345. The molecule has 0 bridgehead atoms. The molecule has 4 rings (SSSR count). The first kappa shape index (κ1) is 10.4. The SMILES string of the molecule is O=C(C1CC12CCCC2)N1CC2(CCOC2)C1. The average Bonchev–Trinajstić information content (AvgIpc) is 2.70. The summed E-state index contributed by atoms with van der Waals surface area (Å²) in [6.07, 6.45) is 7.67. The van der Waals surface area contributed by atoms with Crippen LogP contribution in [0.2, 0.25) is 0 Å². The number of likely N-dealkylation sites (tertiary alicyclic amines) is 1. The highest BCUT2D eigenvalue weighted by Crippen LogP contribution is 2.63. The van der Waals surface area contributed by atoms with Gasteiger partial charge in [0.05, 0.1) is 6.61 Å². The van der Waals surface area contributed by atoms with Gasteiger partial charge in [-0.15, -0.1) is 0 Å². The largest absolute Gasteiger partial charge is 0.381 e. The fourth-order valence-corrected chi connectivity index (χ4v) is 4.37. The predicted octanol–water partition coefficient (Wildman–Crippen LogP) is 1.82. The third-order valence-corrected chi connectivity index (χ3v) is 5.64. The fourth-order valence-electron chi connectivity index (χ4n) is 4.37. The first-order valence-corrected chi connectivity index (χ1v) is 7.10. The highest BCUT2D eigenvalue weighted by atomic mass is 16.5. The monoisotopic (exact) mass is 235 g/mol. The molecule has 0 aromatic carbocycles. The Morgan fingerprint density at radius 3 is 2.59 bits per heavy atom. The van der Waals surface area contributed by atoms with Crippen LogP contribution in [0.15, 0.2) is 0 Å². The van der Waals surface area contributed by atoms with Gasteiger partial charge in [0.15, 0.2) is 0 Å². The summed E-state index contributed by atoms with van der Waals surface area (Å²) in [5, 5.41) is 0. The molecule has 3 heteroatoms. The summed E-state index contributed by atoms with van der Waals surface area (Å²) >= 11 is 0. The normalized spacial score (nSPS) is 36.5. The van der Waals surface area contributed by atoms with Crippen molar-refractivity contribution in [1.82, 2.24) is 4.90 Å². The molecule has 0 radical (unpaired) electrons. The molecular formula is C14H21NO2. The molecule has 0 aromatic rings. The minimum atomic E-state index is 0.355. The van der Waals surface area contributed by atoms with Gasteiger partial charge < -0.3 is 9.64 Å². The maximum atomic E-state index is 12.4. The van der Waals surface area contributed by atoms with E-state index in [1.54, 1.807) is 0 Å². The van der Waals surface area contributed by atoms with Crippen molar-refractivity contribution in [2.45, 2.75) is 38.5 Å². The lowest BCUT2D eigenvalue weighted by atomic mass is 9.79. The lowest BCUT2D eigenvalue weighted by molar-refractivity contribution is -0.145. The second-order valence-corrected chi connectivity index (χ2v) is 6.82. The molecule has 2 aliphatic heterocycles. The van der Waals surface area contributed by atoms with Crippen molar-refractivity contribution in [1.29, 1.82) is 0 Å². The van der Waals surface area contributed by atoms with Gasteiger partial charge in [0.2, 0.25) is 5.91 Å². The van der Waals surface area contributed by atoms with Crippen molar-refractivity contribution < 1.29 is 9.53 Å². The second kappa shape index (κ2) is 3.25. The smallest absolute Gasteiger partial charge is 0.226 e. The second-order valence-electron chi connectivity index (χ2n) is 6.82. The van der Waals surface area contributed by atoms with Gasteiger partial charge in [-0.3, -0.25) is 4.79 Å². The molecule has 1 unspecified atom stereocenters. The Morgan fingerprint density at radius 1 is 1.18 bits per heavy atom. The van der Waals surface area contributed by atoms with Crippen LogP contribution in [0.4, 0.5) is 0 Å². The van der Waals surface area contributed by atoms with E-state index in [4.69, 9.17) is 4.74 Å². The number of nitrogens with zero attached hydrogens (tertiary/aromatic N) is 1. The number of rotatable bonds is 1. The van der Waals surface area contributed by atoms with Crippen LogP contribution in [0, 0.1) is 16.7 Å². The summed E-state index contributed by atoms with van der Waals surface area (Å²) in [7, 11) is 0. The summed E-state index contributed by atoms with van der Waals surface area (Å²) in [6, 6.07) is 0. The lowest BCUT2D eigenvalue weighted by Gasteiger charge is -2.47. The molecule has 17 heavy (non-hydrogen) atoms. The van der Waals surface area contributed by atoms with Gasteiger partial charge >= 0.3 is 0 Å². The van der Waals surface area contributed by atoms with Crippen LogP contribution in [-0.2, 0) is 9.53 Å². The molecule has 4 aliphatic rings. The quantitative estimate of drug-likeness (QED) is 0.694. The molecule has 2 saturated carbocycles. The maximum absolute atomic E-state index is 12.4. The Balaban J connectivity index is 1.37. The number of amides is 1. The van der Waals surface area contributed by atoms with Gasteiger partial charge in [-0.2, -0.15) is 0 Å². The topological polar surface area (TPSA) is 29.5 Å². The van der Waals surface area contributed by atoms with E-state index < -0.39 is 0 Å². The van der Waals surface area contributed by atoms with E-state index in [0.717, 1.165) is 32.7 Å². The molecule has 4 fully saturated rings. The third kappa shape index (κ3) is 1.41. The molecule has 1 amide bonds. The number of hydrogen-bond acceptors (Lipinski definition) is 2. The Labute approximate surface area is 102 Å². The summed E-state index contributed by atoms with van der Waals surface area (Å²) in [5.74, 6) is 0.856. The highest BCUT2D eigenvalue weighted by molar-refractivity contribution is 5.83. The minimum absolute atomic E-state index is 0.355. The molecule has 2 heterocycles. The van der Waals surface area contributed by atoms with Gasteiger partial charge in [-0.1, -0.05) is 12.8 Å². The first-order valence-electron chi connectivity index (χ1n) is 7.10. The molecule has 0 N–H and O–H groups in total. The molecule has 3 nitrogen and oxygen atoms in total. The summed E-state index contributed by atoms with van der Waals surface area (Å²) in [6.45, 7) is 3.72. The maximum Gasteiger partial charge on any atom is 0.226 e. The fraction of sp³-hybridized carbons (Fsp3) is 0.929. The van der Waals surface area contributed by atoms with Crippen LogP contribution in [0.5, 0.6) is 0 Å². The lowest BCUT2D eigenvalue weighted by Crippen LogP contribution is -2.59. The van der Waals surface area contributed by atoms with E-state index in [9.17, 15) is 4.79 Å². The van der Waals surface area contributed by atoms with E-state index in [1.807, 2.05) is 0 Å². The van der Waals surface area contributed by atoms with Crippen LogP contribution in [0.3, 0.4) is 0 Å². The first-order chi connectivity index (χ1) is 8.23. The van der Waals surface area contributed by atoms with Gasteiger partial charge in [-0.25, -0.2) is 0 Å². The number of hydrogen-bond donors (Lipinski definition) is 0. The Kier molecular flexibility index (Phi) is 1.98. The van der Waals surface area contributed by atoms with E-state index >= 15 is 0 Å². The van der Waals surface area contributed by atoms with E-state index in [2.05, 4.69) is 4.90 Å². The van der Waals surface area contributed by atoms with Gasteiger partial charge in [-0.05, 0) is 31.1 Å². The van der Waals surface area contributed by atoms with Crippen molar-refractivity contribution in [3.05, 3.63) is 0 Å². The minimum Gasteiger partial charge on any atom is -0.381 e. The standard InChI is InChI=1S/C14H21NO2/c16-12(11-7-14(11)3-1-2-4-14)15-8-13(9-15)5-6-17-10-13/h11H,1-10H2. The van der Waals surface area contributed by atoms with Crippen LogP contribution < -0.4 is 0 Å². The summed E-state index contributed by atoms with van der Waals surface area (Å²) < 4.78 is 5.46. The van der Waals surface area contributed by atoms with Crippen LogP contribution >= 0.6 is 0 Å². The average molecular weight is 235 g/mol. The van der Waals surface area contributed by atoms with Crippen molar-refractivity contribution in [3.63, 3.8) is 0 Å². The molecule has 94 valence electrons. The number of ether oxygens (including phenoxy) is 1. The molecule has 1 atom stereocenters. The third-order valence-electron chi connectivity index (χ3n) is 5.64. The van der Waals surface area contributed by atoms with Crippen molar-refractivity contribution in [2.75, 3.05) is 26.3 Å². The van der Waals surface area contributed by atoms with E-state index in [-0.39, 0.29) is 0 Å². The molecule has 2 saturated heterocycles. The molecule has 0 aromatic heterocycles. The van der Waals surface area contributed by atoms with Gasteiger partial charge in [0.25, 0.3) is 0 Å². The predicted molar refractivity (Wildman–Crippen MR) is 63.5 cm³/mol. The van der Waals surface area contributed by atoms with Crippen LogP contribution in [0.1, 0.15) is 38.5 Å². The highest BCUT2D eigenvalue weighted by Gasteiger charge is 2.61. The number of carbonyl (C=O) groups is 1. The molecule has 2 aliphatic carbocycles. The van der Waals surface area contributed by atoms with Crippen LogP contribution in [0.25, 0.3) is 0 Å². The van der Waals surface area contributed by atoms with E-state index in [0.29, 0.717) is 22.7 Å². The molecular weight excluding hydrogens is 214 g/mol. The zero-order valence-corrected chi connectivity index (χ0v) is 10.4. The van der Waals surface area contributed by atoms with Crippen molar-refractivity contribution >= 4 is 5.91 Å². The summed E-state index contributed by atoms with van der Waals surface area (Å²) in [4.78, 5) is 14.5. The number of carbonyl (C=O) groups excluding carboxylic acids is 1. The van der Waals surface area contributed by atoms with Crippen molar-refractivity contribution in [2.24, 2.45) is 16.7 Å².